The monoisotopic (exact) mass is 537 g/mol. The van der Waals surface area contributed by atoms with Gasteiger partial charge in [0.15, 0.2) is 5.96 Å². The lowest BCUT2D eigenvalue weighted by atomic mass is 10.2. The van der Waals surface area contributed by atoms with E-state index in [0.717, 1.165) is 5.69 Å². The van der Waals surface area contributed by atoms with Gasteiger partial charge >= 0.3 is 0 Å². The molecule has 7 nitrogen and oxygen atoms in total. The molecule has 1 aromatic carbocycles. The topological polar surface area (TPSA) is 78.7 Å². The number of aryl methyl sites for hydroxylation is 2. The summed E-state index contributed by atoms with van der Waals surface area (Å²) in [6, 6.07) is 8.24. The van der Waals surface area contributed by atoms with Crippen molar-refractivity contribution >= 4 is 45.6 Å². The van der Waals surface area contributed by atoms with E-state index in [0.29, 0.717) is 24.6 Å². The van der Waals surface area contributed by atoms with Crippen molar-refractivity contribution < 1.29 is 12.8 Å². The van der Waals surface area contributed by atoms with E-state index in [1.165, 1.54) is 18.2 Å². The van der Waals surface area contributed by atoms with Crippen molar-refractivity contribution in [2.75, 3.05) is 30.6 Å². The molecule has 0 radical (unpaired) electrons. The second-order valence-electron chi connectivity index (χ2n) is 6.59. The number of aliphatic imine (C=N–C) groups is 1. The summed E-state index contributed by atoms with van der Waals surface area (Å²) < 4.78 is 42.5. The highest BCUT2D eigenvalue weighted by Crippen LogP contribution is 2.15. The van der Waals surface area contributed by atoms with E-state index in [4.69, 9.17) is 0 Å². The molecular formula is C19H29FIN5O2S. The molecule has 0 saturated carbocycles. The molecule has 29 heavy (non-hydrogen) atoms. The Morgan fingerprint density at radius 3 is 2.62 bits per heavy atom. The van der Waals surface area contributed by atoms with Crippen LogP contribution in [0.15, 0.2) is 41.5 Å². The lowest BCUT2D eigenvalue weighted by molar-refractivity contribution is 0.462. The molecule has 162 valence electrons. The molecule has 0 fully saturated rings. The summed E-state index contributed by atoms with van der Waals surface area (Å²) >= 11 is 0. The molecule has 0 spiro atoms. The highest BCUT2D eigenvalue weighted by atomic mass is 127. The molecule has 1 aromatic heterocycles. The van der Waals surface area contributed by atoms with Crippen molar-refractivity contribution in [1.29, 1.82) is 0 Å². The van der Waals surface area contributed by atoms with Crippen molar-refractivity contribution in [2.45, 2.75) is 20.4 Å². The Labute approximate surface area is 189 Å². The largest absolute Gasteiger partial charge is 0.357 e. The van der Waals surface area contributed by atoms with Crippen LogP contribution in [-0.2, 0) is 23.6 Å². The van der Waals surface area contributed by atoms with Crippen LogP contribution in [-0.4, -0.2) is 49.7 Å². The number of anilines is 1. The Balaban J connectivity index is 0.00000420. The minimum atomic E-state index is -3.63. The summed E-state index contributed by atoms with van der Waals surface area (Å²) in [5.41, 5.74) is 1.78. The minimum absolute atomic E-state index is 0. The maximum Gasteiger partial charge on any atom is 0.234 e. The highest BCUT2D eigenvalue weighted by molar-refractivity contribution is 14.0. The average molecular weight is 537 g/mol. The lowest BCUT2D eigenvalue weighted by Crippen LogP contribution is -2.39. The quantitative estimate of drug-likeness (QED) is 0.309. The summed E-state index contributed by atoms with van der Waals surface area (Å²) in [7, 11) is 0.239. The molecule has 0 aliphatic rings. The first-order valence-corrected chi connectivity index (χ1v) is 10.7. The first-order chi connectivity index (χ1) is 13.2. The first-order valence-electron chi connectivity index (χ1n) is 9.08. The van der Waals surface area contributed by atoms with Gasteiger partial charge in [-0.25, -0.2) is 12.8 Å². The van der Waals surface area contributed by atoms with Gasteiger partial charge in [0.25, 0.3) is 0 Å². The first kappa shape index (κ1) is 25.2. The molecule has 0 bridgehead atoms. The van der Waals surface area contributed by atoms with E-state index in [1.54, 1.807) is 6.92 Å². The number of nitrogens with one attached hydrogen (secondary N) is 2. The van der Waals surface area contributed by atoms with E-state index < -0.39 is 15.8 Å². The Bertz CT molecular complexity index is 930. The fourth-order valence-corrected chi connectivity index (χ4v) is 3.53. The summed E-state index contributed by atoms with van der Waals surface area (Å²) in [4.78, 5) is 6.35. The van der Waals surface area contributed by atoms with Crippen LogP contribution >= 0.6 is 24.0 Å². The SMILES string of the molecule is CCNC(=NCCS(=O)(=O)Nc1ccc(C)c(F)c1)N(C)Cc1cccn1C.I. The zero-order valence-electron chi connectivity index (χ0n) is 17.1. The third-order valence-corrected chi connectivity index (χ3v) is 5.48. The molecular weight excluding hydrogens is 508 g/mol. The minimum Gasteiger partial charge on any atom is -0.357 e. The number of rotatable bonds is 8. The number of benzene rings is 1. The van der Waals surface area contributed by atoms with E-state index in [2.05, 4.69) is 15.0 Å². The van der Waals surface area contributed by atoms with Crippen LogP contribution < -0.4 is 10.0 Å². The molecule has 0 unspecified atom stereocenters. The molecule has 2 aromatic rings. The van der Waals surface area contributed by atoms with Gasteiger partial charge in [-0.3, -0.25) is 9.71 Å². The summed E-state index contributed by atoms with van der Waals surface area (Å²) in [6.45, 7) is 4.98. The van der Waals surface area contributed by atoms with Gasteiger partial charge in [-0.15, -0.1) is 24.0 Å². The van der Waals surface area contributed by atoms with Crippen LogP contribution in [0.25, 0.3) is 0 Å². The Morgan fingerprint density at radius 1 is 1.31 bits per heavy atom. The van der Waals surface area contributed by atoms with Crippen molar-refractivity contribution in [3.05, 3.63) is 53.6 Å². The van der Waals surface area contributed by atoms with Crippen LogP contribution in [0.1, 0.15) is 18.2 Å². The van der Waals surface area contributed by atoms with Gasteiger partial charge in [0, 0.05) is 32.5 Å². The summed E-state index contributed by atoms with van der Waals surface area (Å²) in [5.74, 6) is -0.0229. The molecule has 2 rings (SSSR count). The fraction of sp³-hybridized carbons (Fsp3) is 0.421. The van der Waals surface area contributed by atoms with Gasteiger partial charge in [-0.2, -0.15) is 0 Å². The third-order valence-electron chi connectivity index (χ3n) is 4.21. The molecule has 2 N–H and O–H groups in total. The second kappa shape index (κ2) is 11.4. The van der Waals surface area contributed by atoms with Crippen LogP contribution in [0.4, 0.5) is 10.1 Å². The number of hydrogen-bond acceptors (Lipinski definition) is 3. The number of hydrogen-bond donors (Lipinski definition) is 2. The molecule has 0 aliphatic carbocycles. The van der Waals surface area contributed by atoms with Crippen LogP contribution in [0, 0.1) is 12.7 Å². The predicted molar refractivity (Wildman–Crippen MR) is 127 cm³/mol. The van der Waals surface area contributed by atoms with Crippen LogP contribution in [0.3, 0.4) is 0 Å². The summed E-state index contributed by atoms with van der Waals surface area (Å²) in [6.07, 6.45) is 1.97. The Hall–Kier alpha value is -1.82. The summed E-state index contributed by atoms with van der Waals surface area (Å²) in [5, 5.41) is 3.17. The second-order valence-corrected chi connectivity index (χ2v) is 8.43. The van der Waals surface area contributed by atoms with Crippen LogP contribution in [0.2, 0.25) is 0 Å². The van der Waals surface area contributed by atoms with E-state index in [-0.39, 0.29) is 42.0 Å². The maximum atomic E-state index is 13.6. The Morgan fingerprint density at radius 2 is 2.03 bits per heavy atom. The molecule has 0 amide bonds. The number of sulfonamides is 1. The van der Waals surface area contributed by atoms with Gasteiger partial charge in [0.05, 0.1) is 24.5 Å². The normalized spacial score (nSPS) is 11.7. The van der Waals surface area contributed by atoms with Gasteiger partial charge < -0.3 is 14.8 Å². The lowest BCUT2D eigenvalue weighted by Gasteiger charge is -2.22. The van der Waals surface area contributed by atoms with Crippen molar-refractivity contribution in [3.63, 3.8) is 0 Å². The molecule has 0 atom stereocenters. The Kier molecular flexibility index (Phi) is 9.90. The molecule has 0 aliphatic heterocycles. The van der Waals surface area contributed by atoms with Crippen molar-refractivity contribution in [1.82, 2.24) is 14.8 Å². The number of guanidine groups is 1. The zero-order chi connectivity index (χ0) is 20.7. The molecule has 10 heteroatoms. The van der Waals surface area contributed by atoms with Gasteiger partial charge in [0.2, 0.25) is 10.0 Å². The van der Waals surface area contributed by atoms with Gasteiger partial charge in [-0.05, 0) is 43.7 Å². The average Bonchev–Trinajstić information content (AvgIpc) is 3.02. The highest BCUT2D eigenvalue weighted by Gasteiger charge is 2.13. The predicted octanol–water partition coefficient (Wildman–Crippen LogP) is 2.93. The standard InChI is InChI=1S/C19H28FN5O2S.HI/c1-5-21-19(25(4)14-17-7-6-11-24(17)3)22-10-12-28(26,27)23-16-9-8-15(2)18(20)13-16;/h6-9,11,13,23H,5,10,12,14H2,1-4H3,(H,21,22);1H. The van der Waals surface area contributed by atoms with E-state index >= 15 is 0 Å². The van der Waals surface area contributed by atoms with Crippen molar-refractivity contribution in [3.8, 4) is 0 Å². The van der Waals surface area contributed by atoms with Crippen LogP contribution in [0.5, 0.6) is 0 Å². The van der Waals surface area contributed by atoms with Crippen molar-refractivity contribution in [2.24, 2.45) is 12.0 Å². The third kappa shape index (κ3) is 7.84. The van der Waals surface area contributed by atoms with E-state index in [1.807, 2.05) is 48.8 Å². The number of nitrogens with zero attached hydrogens (tertiary/aromatic N) is 3. The molecule has 0 saturated heterocycles. The van der Waals surface area contributed by atoms with E-state index in [9.17, 15) is 12.8 Å². The number of aromatic nitrogens is 1. The smallest absolute Gasteiger partial charge is 0.234 e. The number of halogens is 2. The zero-order valence-corrected chi connectivity index (χ0v) is 20.3. The molecule has 1 heterocycles. The maximum absolute atomic E-state index is 13.6. The van der Waals surface area contributed by atoms with Gasteiger partial charge in [0.1, 0.15) is 5.82 Å². The fourth-order valence-electron chi connectivity index (χ4n) is 2.61. The van der Waals surface area contributed by atoms with Gasteiger partial charge in [-0.1, -0.05) is 6.07 Å².